The quantitative estimate of drug-likeness (QED) is 0.352. The second-order valence-corrected chi connectivity index (χ2v) is 7.97. The summed E-state index contributed by atoms with van der Waals surface area (Å²) in [4.78, 5) is 12.9. The molecule has 0 radical (unpaired) electrons. The molecule has 0 fully saturated rings. The Balaban J connectivity index is 1.71. The molecular formula is C28H26N2O6. The fraction of sp³-hybridized carbons (Fsp3) is 0.214. The lowest BCUT2D eigenvalue weighted by Gasteiger charge is -2.28. The number of carbonyl (C=O) groups excluding carboxylic acids is 1. The first-order valence-corrected chi connectivity index (χ1v) is 11.4. The van der Waals surface area contributed by atoms with E-state index in [2.05, 4.69) is 6.07 Å². The molecule has 4 rings (SSSR count). The van der Waals surface area contributed by atoms with E-state index in [4.69, 9.17) is 29.4 Å². The molecule has 1 heterocycles. The van der Waals surface area contributed by atoms with E-state index < -0.39 is 11.9 Å². The summed E-state index contributed by atoms with van der Waals surface area (Å²) >= 11 is 0. The maximum absolute atomic E-state index is 12.9. The van der Waals surface area contributed by atoms with E-state index in [1.807, 2.05) is 6.92 Å². The van der Waals surface area contributed by atoms with Gasteiger partial charge in [-0.05, 0) is 42.8 Å². The zero-order chi connectivity index (χ0) is 25.7. The number of nitriles is 1. The zero-order valence-corrected chi connectivity index (χ0v) is 20.2. The van der Waals surface area contributed by atoms with Gasteiger partial charge in [0.05, 0.1) is 26.7 Å². The number of carbonyl (C=O) groups is 1. The van der Waals surface area contributed by atoms with E-state index in [1.165, 1.54) is 0 Å². The Morgan fingerprint density at radius 1 is 1.00 bits per heavy atom. The van der Waals surface area contributed by atoms with Crippen molar-refractivity contribution >= 4 is 5.97 Å². The molecule has 1 aliphatic rings. The lowest BCUT2D eigenvalue weighted by molar-refractivity contribution is 0.0730. The molecular weight excluding hydrogens is 460 g/mol. The van der Waals surface area contributed by atoms with Crippen molar-refractivity contribution in [1.82, 2.24) is 0 Å². The Morgan fingerprint density at radius 2 is 1.78 bits per heavy atom. The van der Waals surface area contributed by atoms with Crippen molar-refractivity contribution in [2.75, 3.05) is 20.8 Å². The van der Waals surface area contributed by atoms with Gasteiger partial charge < -0.3 is 29.4 Å². The first-order valence-electron chi connectivity index (χ1n) is 11.4. The molecule has 0 spiro atoms. The topological polar surface area (TPSA) is 113 Å². The van der Waals surface area contributed by atoms with E-state index in [-0.39, 0.29) is 17.2 Å². The first kappa shape index (κ1) is 24.5. The number of hydrogen-bond acceptors (Lipinski definition) is 8. The number of ether oxygens (including phenoxy) is 5. The van der Waals surface area contributed by atoms with E-state index in [9.17, 15) is 10.1 Å². The maximum Gasteiger partial charge on any atom is 0.347 e. The van der Waals surface area contributed by atoms with Crippen molar-refractivity contribution in [3.8, 4) is 34.8 Å². The highest BCUT2D eigenvalue weighted by atomic mass is 16.5. The van der Waals surface area contributed by atoms with Crippen LogP contribution in [0.4, 0.5) is 0 Å². The van der Waals surface area contributed by atoms with Crippen molar-refractivity contribution in [3.63, 3.8) is 0 Å². The summed E-state index contributed by atoms with van der Waals surface area (Å²) in [5.41, 5.74) is 8.05. The van der Waals surface area contributed by atoms with Crippen LogP contribution in [0.25, 0.3) is 0 Å². The molecule has 3 aromatic carbocycles. The smallest absolute Gasteiger partial charge is 0.347 e. The summed E-state index contributed by atoms with van der Waals surface area (Å²) in [7, 11) is 3.11. The van der Waals surface area contributed by atoms with Crippen LogP contribution in [0.1, 0.15) is 40.7 Å². The van der Waals surface area contributed by atoms with Crippen LogP contribution in [0.5, 0.6) is 28.7 Å². The van der Waals surface area contributed by atoms with E-state index in [0.29, 0.717) is 46.3 Å². The molecule has 1 unspecified atom stereocenters. The number of methoxy groups -OCH3 is 2. The van der Waals surface area contributed by atoms with Gasteiger partial charge in [-0.25, -0.2) is 4.79 Å². The van der Waals surface area contributed by atoms with Crippen LogP contribution in [0.3, 0.4) is 0 Å². The van der Waals surface area contributed by atoms with Crippen molar-refractivity contribution in [3.05, 3.63) is 88.8 Å². The van der Waals surface area contributed by atoms with Crippen molar-refractivity contribution in [1.29, 1.82) is 5.26 Å². The van der Waals surface area contributed by atoms with Crippen LogP contribution >= 0.6 is 0 Å². The predicted molar refractivity (Wildman–Crippen MR) is 132 cm³/mol. The van der Waals surface area contributed by atoms with Crippen LogP contribution in [-0.2, 0) is 0 Å². The molecule has 184 valence electrons. The molecule has 8 heteroatoms. The Kier molecular flexibility index (Phi) is 7.31. The average molecular weight is 487 g/mol. The van der Waals surface area contributed by atoms with Crippen molar-refractivity contribution < 1.29 is 28.5 Å². The number of fused-ring (bicyclic) bond motifs is 1. The van der Waals surface area contributed by atoms with Gasteiger partial charge in [-0.2, -0.15) is 5.26 Å². The molecule has 36 heavy (non-hydrogen) atoms. The van der Waals surface area contributed by atoms with E-state index in [1.54, 1.807) is 74.9 Å². The van der Waals surface area contributed by atoms with Crippen LogP contribution in [0.15, 0.2) is 72.1 Å². The predicted octanol–water partition coefficient (Wildman–Crippen LogP) is 4.93. The number of para-hydroxylation sites is 1. The highest BCUT2D eigenvalue weighted by Gasteiger charge is 2.33. The van der Waals surface area contributed by atoms with Crippen LogP contribution in [0, 0.1) is 11.3 Å². The van der Waals surface area contributed by atoms with Gasteiger partial charge in [-0.1, -0.05) is 25.1 Å². The Bertz CT molecular complexity index is 1360. The molecule has 1 aliphatic heterocycles. The summed E-state index contributed by atoms with van der Waals surface area (Å²) in [5, 5.41) is 9.87. The molecule has 0 aromatic heterocycles. The average Bonchev–Trinajstić information content (AvgIpc) is 2.90. The minimum absolute atomic E-state index is 0.0401. The van der Waals surface area contributed by atoms with E-state index >= 15 is 0 Å². The van der Waals surface area contributed by atoms with Gasteiger partial charge in [0.25, 0.3) is 0 Å². The number of nitrogens with zero attached hydrogens (tertiary/aromatic N) is 1. The van der Waals surface area contributed by atoms with Crippen LogP contribution in [-0.4, -0.2) is 26.8 Å². The number of allylic oxidation sites excluding steroid dienone is 1. The molecule has 1 atom stereocenters. The molecule has 0 bridgehead atoms. The summed E-state index contributed by atoms with van der Waals surface area (Å²) in [6, 6.07) is 19.4. The van der Waals surface area contributed by atoms with Crippen LogP contribution in [0.2, 0.25) is 0 Å². The molecule has 0 saturated heterocycles. The fourth-order valence-corrected chi connectivity index (χ4v) is 4.02. The van der Waals surface area contributed by atoms with Gasteiger partial charge in [-0.3, -0.25) is 0 Å². The van der Waals surface area contributed by atoms with E-state index in [0.717, 1.165) is 6.42 Å². The van der Waals surface area contributed by atoms with Crippen molar-refractivity contribution in [2.45, 2.75) is 19.3 Å². The van der Waals surface area contributed by atoms with Crippen LogP contribution < -0.4 is 29.4 Å². The normalized spacial score (nSPS) is 14.2. The maximum atomic E-state index is 12.9. The Hall–Kier alpha value is -4.64. The van der Waals surface area contributed by atoms with Gasteiger partial charge in [0.15, 0.2) is 0 Å². The number of esters is 1. The lowest BCUT2D eigenvalue weighted by Crippen LogP contribution is -2.21. The molecule has 2 N–H and O–H groups in total. The fourth-order valence-electron chi connectivity index (χ4n) is 4.02. The highest BCUT2D eigenvalue weighted by Crippen LogP contribution is 2.46. The van der Waals surface area contributed by atoms with Gasteiger partial charge in [-0.15, -0.1) is 0 Å². The largest absolute Gasteiger partial charge is 0.497 e. The molecule has 0 aliphatic carbocycles. The summed E-state index contributed by atoms with van der Waals surface area (Å²) in [5.74, 6) is 1.06. The third-order valence-corrected chi connectivity index (χ3v) is 5.72. The Labute approximate surface area is 209 Å². The number of benzene rings is 3. The van der Waals surface area contributed by atoms with Gasteiger partial charge in [0, 0.05) is 17.2 Å². The lowest BCUT2D eigenvalue weighted by atomic mass is 9.83. The summed E-state index contributed by atoms with van der Waals surface area (Å²) < 4.78 is 28.0. The standard InChI is InChI=1S/C28H26N2O6/c1-4-13-34-24-8-6-5-7-20(24)28(31)35-18-9-11-19-25(15-18)36-27(30)22(16-29)26(19)21-14-17(32-2)10-12-23(21)33-3/h5-12,14-15,26H,4,13,30H2,1-3H3. The zero-order valence-electron chi connectivity index (χ0n) is 20.2. The summed E-state index contributed by atoms with van der Waals surface area (Å²) in [6.07, 6.45) is 0.810. The summed E-state index contributed by atoms with van der Waals surface area (Å²) in [6.45, 7) is 2.47. The molecule has 3 aromatic rings. The molecule has 0 amide bonds. The third kappa shape index (κ3) is 4.77. The molecule has 0 saturated carbocycles. The first-order chi connectivity index (χ1) is 17.5. The minimum Gasteiger partial charge on any atom is -0.497 e. The monoisotopic (exact) mass is 486 g/mol. The SMILES string of the molecule is CCCOc1ccccc1C(=O)Oc1ccc2c(c1)OC(N)=C(C#N)C2c1cc(OC)ccc1OC. The number of nitrogens with two attached hydrogens (primary N) is 1. The molecule has 8 nitrogen and oxygen atoms in total. The second-order valence-electron chi connectivity index (χ2n) is 7.97. The second kappa shape index (κ2) is 10.7. The van der Waals surface area contributed by atoms with Gasteiger partial charge >= 0.3 is 5.97 Å². The third-order valence-electron chi connectivity index (χ3n) is 5.72. The van der Waals surface area contributed by atoms with Gasteiger partial charge in [0.1, 0.15) is 46.0 Å². The highest BCUT2D eigenvalue weighted by molar-refractivity contribution is 5.94. The number of hydrogen-bond donors (Lipinski definition) is 1. The minimum atomic E-state index is -0.572. The Morgan fingerprint density at radius 3 is 2.50 bits per heavy atom. The number of rotatable bonds is 8. The van der Waals surface area contributed by atoms with Crippen molar-refractivity contribution in [2.24, 2.45) is 5.73 Å². The van der Waals surface area contributed by atoms with Gasteiger partial charge in [0.2, 0.25) is 5.88 Å².